The van der Waals surface area contributed by atoms with Gasteiger partial charge in [0.15, 0.2) is 0 Å². The van der Waals surface area contributed by atoms with Crippen LogP contribution in [0.3, 0.4) is 0 Å². The Hall–Kier alpha value is -2.84. The molecule has 28 heavy (non-hydrogen) atoms. The summed E-state index contributed by atoms with van der Waals surface area (Å²) in [5.74, 6) is -1.95. The summed E-state index contributed by atoms with van der Waals surface area (Å²) in [4.78, 5) is 25.9. The highest BCUT2D eigenvalue weighted by Crippen LogP contribution is 2.31. The lowest BCUT2D eigenvalue weighted by molar-refractivity contribution is -0.145. The lowest BCUT2D eigenvalue weighted by Crippen LogP contribution is -2.49. The molecule has 1 saturated heterocycles. The number of nitrogens with zero attached hydrogens (tertiary/aromatic N) is 3. The number of piperidine rings is 1. The van der Waals surface area contributed by atoms with Crippen molar-refractivity contribution in [2.75, 3.05) is 6.54 Å². The molecule has 9 heteroatoms. The molecular formula is C19H20F3N3O3. The predicted molar refractivity (Wildman–Crippen MR) is 94.2 cm³/mol. The quantitative estimate of drug-likeness (QED) is 0.863. The van der Waals surface area contributed by atoms with E-state index in [0.717, 1.165) is 12.1 Å². The molecule has 0 saturated carbocycles. The first kappa shape index (κ1) is 19.9. The molecule has 3 rings (SSSR count). The highest BCUT2D eigenvalue weighted by atomic mass is 19.4. The van der Waals surface area contributed by atoms with Crippen LogP contribution in [0.1, 0.15) is 41.4 Å². The van der Waals surface area contributed by atoms with E-state index < -0.39 is 29.7 Å². The van der Waals surface area contributed by atoms with Gasteiger partial charge in [-0.1, -0.05) is 6.07 Å². The highest BCUT2D eigenvalue weighted by Gasteiger charge is 2.36. The minimum absolute atomic E-state index is 0.196. The van der Waals surface area contributed by atoms with Gasteiger partial charge >= 0.3 is 12.1 Å². The molecule has 1 N–H and O–H groups in total. The van der Waals surface area contributed by atoms with Crippen LogP contribution in [0.25, 0.3) is 5.69 Å². The van der Waals surface area contributed by atoms with Gasteiger partial charge in [0.1, 0.15) is 0 Å². The Kier molecular flexibility index (Phi) is 5.18. The Labute approximate surface area is 159 Å². The van der Waals surface area contributed by atoms with Crippen LogP contribution in [0, 0.1) is 12.8 Å². The molecule has 0 spiro atoms. The third kappa shape index (κ3) is 3.61. The summed E-state index contributed by atoms with van der Waals surface area (Å²) in [6, 6.07) is 4.22. The first-order valence-electron chi connectivity index (χ1n) is 8.87. The number of carbonyl (C=O) groups is 2. The molecule has 1 amide bonds. The molecule has 0 aliphatic carbocycles. The molecule has 1 aliphatic heterocycles. The third-order valence-corrected chi connectivity index (χ3v) is 5.22. The summed E-state index contributed by atoms with van der Waals surface area (Å²) in [5.41, 5.74) is 0.0347. The van der Waals surface area contributed by atoms with E-state index in [-0.39, 0.29) is 17.2 Å². The van der Waals surface area contributed by atoms with E-state index >= 15 is 0 Å². The number of hydrogen-bond donors (Lipinski definition) is 1. The van der Waals surface area contributed by atoms with E-state index in [4.69, 9.17) is 0 Å². The molecule has 2 atom stereocenters. The number of benzene rings is 1. The largest absolute Gasteiger partial charge is 0.481 e. The van der Waals surface area contributed by atoms with Gasteiger partial charge in [0.25, 0.3) is 5.91 Å². The van der Waals surface area contributed by atoms with Crippen molar-refractivity contribution in [3.63, 3.8) is 0 Å². The fourth-order valence-corrected chi connectivity index (χ4v) is 3.61. The number of rotatable bonds is 3. The van der Waals surface area contributed by atoms with E-state index in [1.54, 1.807) is 13.8 Å². The fourth-order valence-electron chi connectivity index (χ4n) is 3.61. The molecule has 1 fully saturated rings. The van der Waals surface area contributed by atoms with Crippen LogP contribution in [0.15, 0.2) is 30.5 Å². The van der Waals surface area contributed by atoms with Gasteiger partial charge in [0.2, 0.25) is 0 Å². The first-order valence-corrected chi connectivity index (χ1v) is 8.87. The lowest BCUT2D eigenvalue weighted by Gasteiger charge is -2.37. The van der Waals surface area contributed by atoms with Gasteiger partial charge < -0.3 is 10.0 Å². The molecule has 150 valence electrons. The number of carboxylic acid groups (broad SMARTS) is 1. The van der Waals surface area contributed by atoms with Crippen LogP contribution in [-0.4, -0.2) is 44.3 Å². The van der Waals surface area contributed by atoms with Gasteiger partial charge in [-0.05, 0) is 44.9 Å². The van der Waals surface area contributed by atoms with Crippen molar-refractivity contribution < 1.29 is 27.9 Å². The Morgan fingerprint density at radius 2 is 2.00 bits per heavy atom. The molecule has 0 unspecified atom stereocenters. The van der Waals surface area contributed by atoms with E-state index in [0.29, 0.717) is 25.1 Å². The first-order chi connectivity index (χ1) is 13.1. The van der Waals surface area contributed by atoms with Crippen LogP contribution >= 0.6 is 0 Å². The number of aliphatic carboxylic acids is 1. The van der Waals surface area contributed by atoms with Crippen molar-refractivity contribution in [1.29, 1.82) is 0 Å². The fraction of sp³-hybridized carbons (Fsp3) is 0.421. The highest BCUT2D eigenvalue weighted by molar-refractivity contribution is 5.95. The second kappa shape index (κ2) is 7.29. The number of hydrogen-bond acceptors (Lipinski definition) is 3. The van der Waals surface area contributed by atoms with Crippen LogP contribution in [0.5, 0.6) is 0 Å². The Morgan fingerprint density at radius 3 is 2.64 bits per heavy atom. The second-order valence-corrected chi connectivity index (χ2v) is 6.93. The zero-order chi connectivity index (χ0) is 20.6. The summed E-state index contributed by atoms with van der Waals surface area (Å²) >= 11 is 0. The molecule has 2 heterocycles. The van der Waals surface area contributed by atoms with E-state index in [1.165, 1.54) is 27.9 Å². The monoisotopic (exact) mass is 395 g/mol. The lowest BCUT2D eigenvalue weighted by atomic mass is 9.90. The second-order valence-electron chi connectivity index (χ2n) is 6.93. The summed E-state index contributed by atoms with van der Waals surface area (Å²) in [7, 11) is 0. The molecule has 1 aliphatic rings. The smallest absolute Gasteiger partial charge is 0.416 e. The zero-order valence-corrected chi connectivity index (χ0v) is 15.4. The maximum absolute atomic E-state index is 13.0. The SMILES string of the molecule is Cc1c(C(=O)N2CCC[C@@H](C(=O)O)[C@H]2C)cnn1-c1cccc(C(F)(F)F)c1. The third-order valence-electron chi connectivity index (χ3n) is 5.22. The normalized spacial score (nSPS) is 20.2. The standard InChI is InChI=1S/C19H20F3N3O3/c1-11-15(18(27)28)7-4-8-24(11)17(26)16-10-23-25(12(16)2)14-6-3-5-13(9-14)19(20,21)22/h3,5-6,9-11,15H,4,7-8H2,1-2H3,(H,27,28)/t11-,15-/m1/s1. The van der Waals surface area contributed by atoms with Crippen molar-refractivity contribution in [3.8, 4) is 5.69 Å². The summed E-state index contributed by atoms with van der Waals surface area (Å²) in [6.45, 7) is 3.73. The van der Waals surface area contributed by atoms with E-state index in [9.17, 15) is 27.9 Å². The van der Waals surface area contributed by atoms with Crippen molar-refractivity contribution in [2.45, 2.75) is 38.9 Å². The van der Waals surface area contributed by atoms with Gasteiger partial charge in [-0.2, -0.15) is 18.3 Å². The number of carbonyl (C=O) groups excluding carboxylic acids is 1. The number of likely N-dealkylation sites (tertiary alicyclic amines) is 1. The molecule has 1 aromatic carbocycles. The van der Waals surface area contributed by atoms with Gasteiger partial charge in [0, 0.05) is 12.6 Å². The maximum Gasteiger partial charge on any atom is 0.416 e. The van der Waals surface area contributed by atoms with Gasteiger partial charge in [-0.25, -0.2) is 4.68 Å². The van der Waals surface area contributed by atoms with Crippen LogP contribution in [-0.2, 0) is 11.0 Å². The van der Waals surface area contributed by atoms with Crippen molar-refractivity contribution in [2.24, 2.45) is 5.92 Å². The van der Waals surface area contributed by atoms with Gasteiger partial charge in [-0.3, -0.25) is 9.59 Å². The van der Waals surface area contributed by atoms with Crippen LogP contribution in [0.2, 0.25) is 0 Å². The van der Waals surface area contributed by atoms with Crippen molar-refractivity contribution in [1.82, 2.24) is 14.7 Å². The molecule has 0 bridgehead atoms. The van der Waals surface area contributed by atoms with Gasteiger partial charge in [0.05, 0.1) is 34.6 Å². The minimum Gasteiger partial charge on any atom is -0.481 e. The Balaban J connectivity index is 1.91. The molecule has 1 aromatic heterocycles. The number of amides is 1. The number of halogens is 3. The molecular weight excluding hydrogens is 375 g/mol. The average Bonchev–Trinajstić information content (AvgIpc) is 3.02. The predicted octanol–water partition coefficient (Wildman–Crippen LogP) is 3.52. The summed E-state index contributed by atoms with van der Waals surface area (Å²) in [6.07, 6.45) is -2.09. The minimum atomic E-state index is -4.48. The number of aromatic nitrogens is 2. The van der Waals surface area contributed by atoms with Crippen molar-refractivity contribution >= 4 is 11.9 Å². The summed E-state index contributed by atoms with van der Waals surface area (Å²) in [5, 5.41) is 13.4. The Morgan fingerprint density at radius 1 is 1.29 bits per heavy atom. The topological polar surface area (TPSA) is 75.4 Å². The average molecular weight is 395 g/mol. The van der Waals surface area contributed by atoms with E-state index in [2.05, 4.69) is 5.10 Å². The summed E-state index contributed by atoms with van der Waals surface area (Å²) < 4.78 is 40.2. The molecule has 2 aromatic rings. The zero-order valence-electron chi connectivity index (χ0n) is 15.4. The molecule has 6 nitrogen and oxygen atoms in total. The van der Waals surface area contributed by atoms with Gasteiger partial charge in [-0.15, -0.1) is 0 Å². The number of alkyl halides is 3. The van der Waals surface area contributed by atoms with E-state index in [1.807, 2.05) is 0 Å². The maximum atomic E-state index is 13.0. The number of carboxylic acids is 1. The van der Waals surface area contributed by atoms with Crippen molar-refractivity contribution in [3.05, 3.63) is 47.3 Å². The van der Waals surface area contributed by atoms with Crippen LogP contribution in [0.4, 0.5) is 13.2 Å². The Bertz CT molecular complexity index is 907. The molecule has 0 radical (unpaired) electrons. The van der Waals surface area contributed by atoms with Crippen LogP contribution < -0.4 is 0 Å².